The van der Waals surface area contributed by atoms with Gasteiger partial charge in [-0.3, -0.25) is 9.78 Å². The Morgan fingerprint density at radius 1 is 1.18 bits per heavy atom. The minimum atomic E-state index is -4.42. The molecule has 0 saturated heterocycles. The largest absolute Gasteiger partial charge is 0.489 e. The van der Waals surface area contributed by atoms with Crippen molar-refractivity contribution >= 4 is 11.6 Å². The highest BCUT2D eigenvalue weighted by molar-refractivity contribution is 6.07. The first-order chi connectivity index (χ1) is 10.5. The molecule has 1 aliphatic heterocycles. The number of pyridine rings is 1. The zero-order chi connectivity index (χ0) is 15.7. The van der Waals surface area contributed by atoms with Gasteiger partial charge < -0.3 is 9.64 Å². The molecule has 7 heteroatoms. The van der Waals surface area contributed by atoms with Gasteiger partial charge in [0.05, 0.1) is 18.3 Å². The van der Waals surface area contributed by atoms with Crippen LogP contribution in [0.4, 0.5) is 18.9 Å². The number of fused-ring (bicyclic) bond motifs is 1. The van der Waals surface area contributed by atoms with Crippen LogP contribution in [0.15, 0.2) is 42.7 Å². The molecule has 1 aromatic carbocycles. The van der Waals surface area contributed by atoms with E-state index in [0.717, 1.165) is 12.1 Å². The average Bonchev–Trinajstić information content (AvgIpc) is 2.53. The van der Waals surface area contributed by atoms with E-state index in [9.17, 15) is 18.0 Å². The Morgan fingerprint density at radius 2 is 1.91 bits per heavy atom. The first kappa shape index (κ1) is 14.4. The van der Waals surface area contributed by atoms with E-state index in [1.54, 1.807) is 12.3 Å². The molecular weight excluding hydrogens is 297 g/mol. The van der Waals surface area contributed by atoms with Crippen LogP contribution in [0, 0.1) is 0 Å². The minimum Gasteiger partial charge on any atom is -0.489 e. The van der Waals surface area contributed by atoms with Gasteiger partial charge in [0.1, 0.15) is 18.0 Å². The summed E-state index contributed by atoms with van der Waals surface area (Å²) < 4.78 is 43.1. The summed E-state index contributed by atoms with van der Waals surface area (Å²) in [6.45, 7) is 0.641. The maximum Gasteiger partial charge on any atom is 0.416 e. The number of ether oxygens (including phenoxy) is 1. The molecule has 2 aromatic rings. The van der Waals surface area contributed by atoms with Crippen molar-refractivity contribution in [2.75, 3.05) is 18.1 Å². The number of carbonyl (C=O) groups excluding carboxylic acids is 1. The smallest absolute Gasteiger partial charge is 0.416 e. The Balaban J connectivity index is 1.89. The number of benzene rings is 1. The summed E-state index contributed by atoms with van der Waals surface area (Å²) in [6.07, 6.45) is -1.38. The predicted molar refractivity (Wildman–Crippen MR) is 72.9 cm³/mol. The van der Waals surface area contributed by atoms with Crippen LogP contribution in [0.3, 0.4) is 0 Å². The normalized spacial score (nSPS) is 14.2. The maximum atomic E-state index is 12.6. The van der Waals surface area contributed by atoms with Crippen molar-refractivity contribution in [2.45, 2.75) is 6.18 Å². The van der Waals surface area contributed by atoms with E-state index >= 15 is 0 Å². The highest BCUT2D eigenvalue weighted by atomic mass is 19.4. The molecule has 0 N–H and O–H groups in total. The number of halogens is 3. The Bertz CT molecular complexity index is 699. The first-order valence-corrected chi connectivity index (χ1v) is 6.53. The number of aromatic nitrogens is 1. The molecule has 0 fully saturated rings. The molecule has 0 saturated carbocycles. The SMILES string of the molecule is O=C(c1ccc(C(F)(F)F)cc1)N1CCOc2ccncc21. The molecule has 22 heavy (non-hydrogen) atoms. The van der Waals surface area contributed by atoms with E-state index in [0.29, 0.717) is 24.6 Å². The number of anilines is 1. The molecule has 2 heterocycles. The summed E-state index contributed by atoms with van der Waals surface area (Å²) in [4.78, 5) is 17.9. The second kappa shape index (κ2) is 5.32. The highest BCUT2D eigenvalue weighted by Crippen LogP contribution is 2.32. The summed E-state index contributed by atoms with van der Waals surface area (Å²) >= 11 is 0. The molecule has 0 radical (unpaired) electrons. The maximum absolute atomic E-state index is 12.6. The van der Waals surface area contributed by atoms with E-state index < -0.39 is 11.7 Å². The molecule has 1 aliphatic rings. The lowest BCUT2D eigenvalue weighted by Gasteiger charge is -2.29. The number of rotatable bonds is 1. The quantitative estimate of drug-likeness (QED) is 0.813. The number of amides is 1. The van der Waals surface area contributed by atoms with Crippen LogP contribution in [-0.2, 0) is 6.18 Å². The van der Waals surface area contributed by atoms with E-state index in [4.69, 9.17) is 4.74 Å². The van der Waals surface area contributed by atoms with Gasteiger partial charge in [0.25, 0.3) is 5.91 Å². The second-order valence-corrected chi connectivity index (χ2v) is 4.72. The summed E-state index contributed by atoms with van der Waals surface area (Å²) in [5.74, 6) is 0.146. The molecule has 0 aliphatic carbocycles. The van der Waals surface area contributed by atoms with Gasteiger partial charge in [-0.25, -0.2) is 0 Å². The van der Waals surface area contributed by atoms with Gasteiger partial charge in [0, 0.05) is 17.8 Å². The van der Waals surface area contributed by atoms with E-state index in [2.05, 4.69) is 4.98 Å². The van der Waals surface area contributed by atoms with E-state index in [-0.39, 0.29) is 11.5 Å². The molecule has 114 valence electrons. The topological polar surface area (TPSA) is 42.4 Å². The van der Waals surface area contributed by atoms with Crippen LogP contribution in [0.2, 0.25) is 0 Å². The van der Waals surface area contributed by atoms with Gasteiger partial charge in [-0.15, -0.1) is 0 Å². The highest BCUT2D eigenvalue weighted by Gasteiger charge is 2.31. The molecule has 4 nitrogen and oxygen atoms in total. The van der Waals surface area contributed by atoms with Crippen LogP contribution in [0.1, 0.15) is 15.9 Å². The number of alkyl halides is 3. The van der Waals surface area contributed by atoms with Gasteiger partial charge in [0.2, 0.25) is 0 Å². The zero-order valence-corrected chi connectivity index (χ0v) is 11.3. The van der Waals surface area contributed by atoms with E-state index in [1.165, 1.54) is 23.2 Å². The van der Waals surface area contributed by atoms with Gasteiger partial charge in [-0.05, 0) is 24.3 Å². The molecule has 0 unspecified atom stereocenters. The predicted octanol–water partition coefficient (Wildman–Crippen LogP) is 3.14. The van der Waals surface area contributed by atoms with Crippen molar-refractivity contribution in [2.24, 2.45) is 0 Å². The standard InChI is InChI=1S/C15H11F3N2O2/c16-15(17,18)11-3-1-10(2-4-11)14(21)20-7-8-22-13-5-6-19-9-12(13)20/h1-6,9H,7-8H2. The lowest BCUT2D eigenvalue weighted by atomic mass is 10.1. The summed E-state index contributed by atoms with van der Waals surface area (Å²) in [6, 6.07) is 5.80. The fourth-order valence-corrected chi connectivity index (χ4v) is 2.23. The zero-order valence-electron chi connectivity index (χ0n) is 11.3. The molecule has 0 spiro atoms. The van der Waals surface area contributed by atoms with Crippen LogP contribution in [-0.4, -0.2) is 24.0 Å². The summed E-state index contributed by atoms with van der Waals surface area (Å²) in [7, 11) is 0. The Kier molecular flexibility index (Phi) is 3.48. The van der Waals surface area contributed by atoms with Crippen LogP contribution in [0.5, 0.6) is 5.75 Å². The van der Waals surface area contributed by atoms with Crippen molar-refractivity contribution < 1.29 is 22.7 Å². The third kappa shape index (κ3) is 2.61. The van der Waals surface area contributed by atoms with Crippen molar-refractivity contribution in [3.05, 3.63) is 53.9 Å². The van der Waals surface area contributed by atoms with Crippen molar-refractivity contribution in [3.63, 3.8) is 0 Å². The van der Waals surface area contributed by atoms with Gasteiger partial charge in [0.15, 0.2) is 0 Å². The van der Waals surface area contributed by atoms with Crippen LogP contribution in [0.25, 0.3) is 0 Å². The van der Waals surface area contributed by atoms with Crippen LogP contribution >= 0.6 is 0 Å². The number of nitrogens with zero attached hydrogens (tertiary/aromatic N) is 2. The van der Waals surface area contributed by atoms with Crippen LogP contribution < -0.4 is 9.64 Å². The average molecular weight is 308 g/mol. The molecule has 0 atom stereocenters. The lowest BCUT2D eigenvalue weighted by Crippen LogP contribution is -2.38. The van der Waals surface area contributed by atoms with Gasteiger partial charge >= 0.3 is 6.18 Å². The number of carbonyl (C=O) groups is 1. The van der Waals surface area contributed by atoms with Gasteiger partial charge in [-0.1, -0.05) is 0 Å². The molecular formula is C15H11F3N2O2. The first-order valence-electron chi connectivity index (χ1n) is 6.53. The second-order valence-electron chi connectivity index (χ2n) is 4.72. The number of hydrogen-bond donors (Lipinski definition) is 0. The Hall–Kier alpha value is -2.57. The molecule has 1 aromatic heterocycles. The Labute approximate surface area is 124 Å². The fourth-order valence-electron chi connectivity index (χ4n) is 2.23. The van der Waals surface area contributed by atoms with Crippen molar-refractivity contribution in [1.82, 2.24) is 4.98 Å². The lowest BCUT2D eigenvalue weighted by molar-refractivity contribution is -0.137. The molecule has 0 bridgehead atoms. The number of hydrogen-bond acceptors (Lipinski definition) is 3. The third-order valence-corrected chi connectivity index (χ3v) is 3.33. The minimum absolute atomic E-state index is 0.185. The fraction of sp³-hybridized carbons (Fsp3) is 0.200. The Morgan fingerprint density at radius 3 is 2.59 bits per heavy atom. The molecule has 1 amide bonds. The van der Waals surface area contributed by atoms with Crippen molar-refractivity contribution in [1.29, 1.82) is 0 Å². The van der Waals surface area contributed by atoms with E-state index in [1.807, 2.05) is 0 Å². The third-order valence-electron chi connectivity index (χ3n) is 3.33. The molecule has 3 rings (SSSR count). The summed E-state index contributed by atoms with van der Waals surface area (Å²) in [5.41, 5.74) is -0.0866. The van der Waals surface area contributed by atoms with Crippen molar-refractivity contribution in [3.8, 4) is 5.75 Å². The summed E-state index contributed by atoms with van der Waals surface area (Å²) in [5, 5.41) is 0. The van der Waals surface area contributed by atoms with Gasteiger partial charge in [-0.2, -0.15) is 13.2 Å². The monoisotopic (exact) mass is 308 g/mol.